The molecule has 132 valence electrons. The van der Waals surface area contributed by atoms with Crippen LogP contribution in [-0.2, 0) is 0 Å². The maximum absolute atomic E-state index is 6.06. The van der Waals surface area contributed by atoms with Gasteiger partial charge in [0.2, 0.25) is 4.80 Å². The third kappa shape index (κ3) is 3.81. The van der Waals surface area contributed by atoms with Gasteiger partial charge in [0.25, 0.3) is 0 Å². The monoisotopic (exact) mass is 381 g/mol. The van der Waals surface area contributed by atoms with Gasteiger partial charge in [-0.25, -0.2) is 0 Å². The molecule has 2 aromatic carbocycles. The summed E-state index contributed by atoms with van der Waals surface area (Å²) >= 11 is 7.67. The van der Waals surface area contributed by atoms with E-state index in [1.807, 2.05) is 42.5 Å². The van der Waals surface area contributed by atoms with Gasteiger partial charge in [-0.2, -0.15) is 5.10 Å². The molecule has 5 heteroatoms. The van der Waals surface area contributed by atoms with Gasteiger partial charge >= 0.3 is 0 Å². The quantitative estimate of drug-likeness (QED) is 0.492. The van der Waals surface area contributed by atoms with Gasteiger partial charge < -0.3 is 0 Å². The van der Waals surface area contributed by atoms with E-state index >= 15 is 0 Å². The van der Waals surface area contributed by atoms with Gasteiger partial charge in [-0.3, -0.25) is 4.57 Å². The van der Waals surface area contributed by atoms with E-state index in [4.69, 9.17) is 11.6 Å². The first-order valence-corrected chi connectivity index (χ1v) is 10.2. The predicted octanol–water partition coefficient (Wildman–Crippen LogP) is 6.08. The van der Waals surface area contributed by atoms with Crippen LogP contribution in [0.25, 0.3) is 16.9 Å². The Labute approximate surface area is 162 Å². The van der Waals surface area contributed by atoms with Gasteiger partial charge in [-0.05, 0) is 55.5 Å². The van der Waals surface area contributed by atoms with E-state index in [-0.39, 0.29) is 0 Å². The van der Waals surface area contributed by atoms with Crippen molar-refractivity contribution in [2.24, 2.45) is 10.2 Å². The normalized spacial score (nSPS) is 15.3. The van der Waals surface area contributed by atoms with Crippen LogP contribution < -0.4 is 4.80 Å². The number of nitrogens with zero attached hydrogens (tertiary/aromatic N) is 3. The van der Waals surface area contributed by atoms with Crippen molar-refractivity contribution in [3.05, 3.63) is 69.8 Å². The average molecular weight is 382 g/mol. The van der Waals surface area contributed by atoms with Crippen molar-refractivity contribution in [2.75, 3.05) is 0 Å². The molecule has 0 saturated heterocycles. The van der Waals surface area contributed by atoms with Crippen molar-refractivity contribution in [3.63, 3.8) is 0 Å². The number of hydrogen-bond donors (Lipinski definition) is 0. The van der Waals surface area contributed by atoms with Gasteiger partial charge in [-0.1, -0.05) is 48.4 Å². The summed E-state index contributed by atoms with van der Waals surface area (Å²) in [5, 5.41) is 12.1. The first-order valence-electron chi connectivity index (χ1n) is 8.92. The van der Waals surface area contributed by atoms with E-state index in [0.29, 0.717) is 0 Å². The smallest absolute Gasteiger partial charge is 0.215 e. The van der Waals surface area contributed by atoms with Gasteiger partial charge in [0, 0.05) is 21.8 Å². The molecule has 0 amide bonds. The standard InChI is InChI=1S/C21H20ClN3S/c22-17-13-11-16(12-14-17)20-15-26-21(24-23-18-7-3-1-4-8-18)25(20)19-9-5-2-6-10-19/h2,5-6,9-15H,1,3-4,7-8H2. The minimum Gasteiger partial charge on any atom is -0.284 e. The van der Waals surface area contributed by atoms with Crippen LogP contribution in [0.15, 0.2) is 70.2 Å². The van der Waals surface area contributed by atoms with Gasteiger partial charge in [0.1, 0.15) is 0 Å². The summed E-state index contributed by atoms with van der Waals surface area (Å²) in [6.07, 6.45) is 5.91. The third-order valence-corrected chi connectivity index (χ3v) is 5.64. The molecule has 26 heavy (non-hydrogen) atoms. The summed E-state index contributed by atoms with van der Waals surface area (Å²) in [5.41, 5.74) is 4.51. The second kappa shape index (κ2) is 8.02. The zero-order valence-corrected chi connectivity index (χ0v) is 16.0. The number of para-hydroxylation sites is 1. The number of thiazole rings is 1. The van der Waals surface area contributed by atoms with Gasteiger partial charge in [-0.15, -0.1) is 16.4 Å². The molecule has 0 aliphatic heterocycles. The van der Waals surface area contributed by atoms with Crippen LogP contribution in [0.5, 0.6) is 0 Å². The van der Waals surface area contributed by atoms with Crippen LogP contribution in [0.1, 0.15) is 32.1 Å². The van der Waals surface area contributed by atoms with Crippen LogP contribution in [0, 0.1) is 0 Å². The fourth-order valence-corrected chi connectivity index (χ4v) is 4.18. The Bertz CT molecular complexity index is 960. The van der Waals surface area contributed by atoms with E-state index in [2.05, 4.69) is 32.3 Å². The molecule has 4 rings (SSSR count). The SMILES string of the molecule is Clc1ccc(-c2csc(=NN=C3CCCCC3)n2-c2ccccc2)cc1. The van der Waals surface area contributed by atoms with E-state index in [0.717, 1.165) is 39.6 Å². The molecule has 0 radical (unpaired) electrons. The number of rotatable bonds is 3. The maximum Gasteiger partial charge on any atom is 0.215 e. The van der Waals surface area contributed by atoms with Crippen LogP contribution in [0.4, 0.5) is 0 Å². The van der Waals surface area contributed by atoms with Crippen LogP contribution in [0.3, 0.4) is 0 Å². The van der Waals surface area contributed by atoms with E-state index in [1.54, 1.807) is 11.3 Å². The van der Waals surface area contributed by atoms with Crippen LogP contribution in [0.2, 0.25) is 5.02 Å². The molecular formula is C21H20ClN3S. The van der Waals surface area contributed by atoms with Crippen LogP contribution >= 0.6 is 22.9 Å². The highest BCUT2D eigenvalue weighted by Gasteiger charge is 2.11. The maximum atomic E-state index is 6.06. The highest BCUT2D eigenvalue weighted by atomic mass is 35.5. The topological polar surface area (TPSA) is 29.6 Å². The molecule has 0 bridgehead atoms. The van der Waals surface area contributed by atoms with Crippen molar-refractivity contribution in [1.82, 2.24) is 4.57 Å². The largest absolute Gasteiger partial charge is 0.284 e. The molecule has 3 nitrogen and oxygen atoms in total. The lowest BCUT2D eigenvalue weighted by molar-refractivity contribution is 0.663. The zero-order chi connectivity index (χ0) is 17.8. The molecular weight excluding hydrogens is 362 g/mol. The third-order valence-electron chi connectivity index (χ3n) is 4.57. The Morgan fingerprint density at radius 1 is 0.846 bits per heavy atom. The van der Waals surface area contributed by atoms with E-state index < -0.39 is 0 Å². The Morgan fingerprint density at radius 2 is 1.58 bits per heavy atom. The van der Waals surface area contributed by atoms with Crippen LogP contribution in [-0.4, -0.2) is 10.3 Å². The van der Waals surface area contributed by atoms with Crippen molar-refractivity contribution < 1.29 is 0 Å². The zero-order valence-electron chi connectivity index (χ0n) is 14.4. The lowest BCUT2D eigenvalue weighted by atomic mass is 9.99. The van der Waals surface area contributed by atoms with Crippen molar-refractivity contribution in [3.8, 4) is 16.9 Å². The number of benzene rings is 2. The Kier molecular flexibility index (Phi) is 5.32. The molecule has 1 aromatic heterocycles. The minimum atomic E-state index is 0.740. The van der Waals surface area contributed by atoms with Gasteiger partial charge in [0.05, 0.1) is 5.69 Å². The lowest BCUT2D eigenvalue weighted by Gasteiger charge is -2.10. The van der Waals surface area contributed by atoms with Crippen molar-refractivity contribution >= 4 is 28.6 Å². The number of aromatic nitrogens is 1. The van der Waals surface area contributed by atoms with Crippen molar-refractivity contribution in [1.29, 1.82) is 0 Å². The number of halogens is 1. The van der Waals surface area contributed by atoms with Gasteiger partial charge in [0.15, 0.2) is 0 Å². The molecule has 0 spiro atoms. The first kappa shape index (κ1) is 17.3. The average Bonchev–Trinajstić information content (AvgIpc) is 3.12. The fraction of sp³-hybridized carbons (Fsp3) is 0.238. The van der Waals surface area contributed by atoms with E-state index in [1.165, 1.54) is 25.0 Å². The minimum absolute atomic E-state index is 0.740. The summed E-state index contributed by atoms with van der Waals surface area (Å²) in [6, 6.07) is 18.2. The second-order valence-corrected chi connectivity index (χ2v) is 7.68. The highest BCUT2D eigenvalue weighted by Crippen LogP contribution is 2.25. The molecule has 1 saturated carbocycles. The Morgan fingerprint density at radius 3 is 2.31 bits per heavy atom. The summed E-state index contributed by atoms with van der Waals surface area (Å²) in [6.45, 7) is 0. The molecule has 1 aliphatic carbocycles. The molecule has 0 atom stereocenters. The summed E-state index contributed by atoms with van der Waals surface area (Å²) in [5.74, 6) is 0. The summed E-state index contributed by atoms with van der Waals surface area (Å²) < 4.78 is 2.17. The molecule has 0 unspecified atom stereocenters. The van der Waals surface area contributed by atoms with E-state index in [9.17, 15) is 0 Å². The summed E-state index contributed by atoms with van der Waals surface area (Å²) in [4.78, 5) is 0.888. The fourth-order valence-electron chi connectivity index (χ4n) is 3.20. The molecule has 1 aliphatic rings. The summed E-state index contributed by atoms with van der Waals surface area (Å²) in [7, 11) is 0. The predicted molar refractivity (Wildman–Crippen MR) is 110 cm³/mol. The number of hydrogen-bond acceptors (Lipinski definition) is 3. The second-order valence-electron chi connectivity index (χ2n) is 6.41. The highest BCUT2D eigenvalue weighted by molar-refractivity contribution is 7.07. The Hall–Kier alpha value is -2.17. The Balaban J connectivity index is 1.83. The van der Waals surface area contributed by atoms with Crippen molar-refractivity contribution in [2.45, 2.75) is 32.1 Å². The molecule has 3 aromatic rings. The first-order chi connectivity index (χ1) is 12.8. The lowest BCUT2D eigenvalue weighted by Crippen LogP contribution is -2.14. The molecule has 1 fully saturated rings. The molecule has 1 heterocycles. The molecule has 0 N–H and O–H groups in total.